The minimum Gasteiger partial charge on any atom is -0.366 e. The van der Waals surface area contributed by atoms with Crippen molar-refractivity contribution in [3.05, 3.63) is 48.4 Å². The Balaban J connectivity index is 2.36. The first-order valence-electron chi connectivity index (χ1n) is 4.43. The van der Waals surface area contributed by atoms with E-state index in [1.807, 2.05) is 12.1 Å². The number of amides is 1. The first kappa shape index (κ1) is 9.33. The smallest absolute Gasteiger partial charge is 0.250 e. The first-order valence-corrected chi connectivity index (χ1v) is 4.43. The Labute approximate surface area is 86.8 Å². The lowest BCUT2D eigenvalue weighted by Crippen LogP contribution is -2.10. The van der Waals surface area contributed by atoms with Crippen LogP contribution in [0.4, 0.5) is 0 Å². The van der Waals surface area contributed by atoms with Crippen LogP contribution in [-0.4, -0.2) is 15.9 Å². The molecular weight excluding hydrogens is 190 g/mol. The van der Waals surface area contributed by atoms with Crippen LogP contribution >= 0.6 is 0 Å². The molecule has 2 N–H and O–H groups in total. The van der Waals surface area contributed by atoms with Crippen LogP contribution in [-0.2, 0) is 0 Å². The van der Waals surface area contributed by atoms with Crippen LogP contribution in [0.5, 0.6) is 0 Å². The number of nitrogens with zero attached hydrogens (tertiary/aromatic N) is 2. The van der Waals surface area contributed by atoms with E-state index in [4.69, 9.17) is 5.73 Å². The van der Waals surface area contributed by atoms with Crippen LogP contribution in [0.15, 0.2) is 42.9 Å². The molecule has 2 rings (SSSR count). The minimum atomic E-state index is -0.469. The van der Waals surface area contributed by atoms with Crippen LogP contribution in [0.25, 0.3) is 11.3 Å². The maximum atomic E-state index is 10.8. The van der Waals surface area contributed by atoms with Gasteiger partial charge in [-0.2, -0.15) is 0 Å². The van der Waals surface area contributed by atoms with E-state index in [0.29, 0.717) is 5.56 Å². The van der Waals surface area contributed by atoms with Crippen molar-refractivity contribution < 1.29 is 4.79 Å². The van der Waals surface area contributed by atoms with Gasteiger partial charge >= 0.3 is 0 Å². The highest BCUT2D eigenvalue weighted by atomic mass is 16.1. The number of aromatic nitrogens is 2. The van der Waals surface area contributed by atoms with Gasteiger partial charge in [-0.25, -0.2) is 0 Å². The maximum absolute atomic E-state index is 10.8. The molecule has 1 amide bonds. The molecule has 4 heteroatoms. The Morgan fingerprint density at radius 2 is 1.87 bits per heavy atom. The first-order chi connectivity index (χ1) is 7.27. The van der Waals surface area contributed by atoms with Crippen LogP contribution in [0.3, 0.4) is 0 Å². The van der Waals surface area contributed by atoms with E-state index in [9.17, 15) is 4.79 Å². The topological polar surface area (TPSA) is 68.9 Å². The lowest BCUT2D eigenvalue weighted by molar-refractivity contribution is 0.1000. The number of hydrogen-bond donors (Lipinski definition) is 1. The predicted molar refractivity (Wildman–Crippen MR) is 56.0 cm³/mol. The van der Waals surface area contributed by atoms with Crippen molar-refractivity contribution in [1.29, 1.82) is 0 Å². The van der Waals surface area contributed by atoms with Crippen molar-refractivity contribution in [2.75, 3.05) is 0 Å². The third-order valence-electron chi connectivity index (χ3n) is 2.02. The van der Waals surface area contributed by atoms with E-state index in [0.717, 1.165) is 11.3 Å². The van der Waals surface area contributed by atoms with Gasteiger partial charge in [0.2, 0.25) is 5.91 Å². The van der Waals surface area contributed by atoms with Gasteiger partial charge in [0.15, 0.2) is 0 Å². The van der Waals surface area contributed by atoms with Crippen LogP contribution in [0.2, 0.25) is 0 Å². The van der Waals surface area contributed by atoms with Crippen molar-refractivity contribution in [2.24, 2.45) is 5.73 Å². The Morgan fingerprint density at radius 1 is 1.13 bits per heavy atom. The van der Waals surface area contributed by atoms with E-state index in [1.54, 1.807) is 24.5 Å². The average Bonchev–Trinajstić information content (AvgIpc) is 2.30. The van der Waals surface area contributed by atoms with Gasteiger partial charge in [-0.3, -0.25) is 14.8 Å². The summed E-state index contributed by atoms with van der Waals surface area (Å²) in [5.41, 5.74) is 7.28. The quantitative estimate of drug-likeness (QED) is 0.791. The Kier molecular flexibility index (Phi) is 2.41. The molecule has 4 nitrogen and oxygen atoms in total. The zero-order chi connectivity index (χ0) is 10.7. The molecule has 0 aliphatic rings. The Hall–Kier alpha value is -2.23. The molecule has 0 aliphatic heterocycles. The van der Waals surface area contributed by atoms with Crippen molar-refractivity contribution in [3.8, 4) is 11.3 Å². The summed E-state index contributed by atoms with van der Waals surface area (Å²) < 4.78 is 0. The second-order valence-corrected chi connectivity index (χ2v) is 3.03. The molecule has 0 saturated carbocycles. The summed E-state index contributed by atoms with van der Waals surface area (Å²) in [4.78, 5) is 18.9. The maximum Gasteiger partial charge on any atom is 0.250 e. The molecule has 0 bridgehead atoms. The number of nitrogens with two attached hydrogens (primary N) is 1. The second-order valence-electron chi connectivity index (χ2n) is 3.03. The SMILES string of the molecule is NC(=O)c1ccc(-c2ccncc2)nc1. The molecule has 74 valence electrons. The number of pyridine rings is 2. The molecular formula is C11H9N3O. The average molecular weight is 199 g/mol. The summed E-state index contributed by atoms with van der Waals surface area (Å²) in [5, 5.41) is 0. The van der Waals surface area contributed by atoms with E-state index >= 15 is 0 Å². The number of carbonyl (C=O) groups excluding carboxylic acids is 1. The highest BCUT2D eigenvalue weighted by molar-refractivity contribution is 5.92. The summed E-state index contributed by atoms with van der Waals surface area (Å²) in [7, 11) is 0. The van der Waals surface area contributed by atoms with Crippen LogP contribution < -0.4 is 5.73 Å². The van der Waals surface area contributed by atoms with Crippen LogP contribution in [0.1, 0.15) is 10.4 Å². The predicted octanol–water partition coefficient (Wildman–Crippen LogP) is 1.24. The second kappa shape index (κ2) is 3.88. The normalized spacial score (nSPS) is 9.87. The zero-order valence-corrected chi connectivity index (χ0v) is 7.92. The van der Waals surface area contributed by atoms with Gasteiger partial charge in [0.1, 0.15) is 0 Å². The van der Waals surface area contributed by atoms with Crippen molar-refractivity contribution in [2.45, 2.75) is 0 Å². The molecule has 2 heterocycles. The molecule has 0 radical (unpaired) electrons. The van der Waals surface area contributed by atoms with Gasteiger partial charge in [0.25, 0.3) is 0 Å². The highest BCUT2D eigenvalue weighted by Gasteiger charge is 2.02. The fourth-order valence-electron chi connectivity index (χ4n) is 1.23. The molecule has 0 spiro atoms. The van der Waals surface area contributed by atoms with Gasteiger partial charge in [-0.05, 0) is 24.3 Å². The summed E-state index contributed by atoms with van der Waals surface area (Å²) in [6, 6.07) is 7.12. The van der Waals surface area contributed by atoms with Gasteiger partial charge in [0, 0.05) is 24.2 Å². The summed E-state index contributed by atoms with van der Waals surface area (Å²) in [6.07, 6.45) is 4.86. The Morgan fingerprint density at radius 3 is 2.40 bits per heavy atom. The standard InChI is InChI=1S/C11H9N3O/c12-11(15)9-1-2-10(14-7-9)8-3-5-13-6-4-8/h1-7H,(H2,12,15). The van der Waals surface area contributed by atoms with Gasteiger partial charge < -0.3 is 5.73 Å². The van der Waals surface area contributed by atoms with Gasteiger partial charge in [-0.1, -0.05) is 0 Å². The largest absolute Gasteiger partial charge is 0.366 e. The molecule has 2 aromatic rings. The third-order valence-corrected chi connectivity index (χ3v) is 2.02. The van der Waals surface area contributed by atoms with Crippen molar-refractivity contribution in [3.63, 3.8) is 0 Å². The monoisotopic (exact) mass is 199 g/mol. The fourth-order valence-corrected chi connectivity index (χ4v) is 1.23. The van der Waals surface area contributed by atoms with Crippen LogP contribution in [0, 0.1) is 0 Å². The van der Waals surface area contributed by atoms with E-state index in [1.165, 1.54) is 6.20 Å². The number of hydrogen-bond acceptors (Lipinski definition) is 3. The molecule has 0 atom stereocenters. The Bertz CT molecular complexity index is 465. The molecule has 0 saturated heterocycles. The summed E-state index contributed by atoms with van der Waals surface area (Å²) >= 11 is 0. The zero-order valence-electron chi connectivity index (χ0n) is 7.92. The van der Waals surface area contributed by atoms with E-state index in [-0.39, 0.29) is 0 Å². The number of primary amides is 1. The van der Waals surface area contributed by atoms with Crippen molar-refractivity contribution in [1.82, 2.24) is 9.97 Å². The van der Waals surface area contributed by atoms with Gasteiger partial charge in [-0.15, -0.1) is 0 Å². The molecule has 0 fully saturated rings. The highest BCUT2D eigenvalue weighted by Crippen LogP contribution is 2.15. The minimum absolute atomic E-state index is 0.410. The molecule has 0 unspecified atom stereocenters. The lowest BCUT2D eigenvalue weighted by atomic mass is 10.1. The summed E-state index contributed by atoms with van der Waals surface area (Å²) in [6.45, 7) is 0. The molecule has 15 heavy (non-hydrogen) atoms. The third kappa shape index (κ3) is 1.99. The number of carbonyl (C=O) groups is 1. The van der Waals surface area contributed by atoms with Gasteiger partial charge in [0.05, 0.1) is 11.3 Å². The summed E-state index contributed by atoms with van der Waals surface area (Å²) in [5.74, 6) is -0.469. The molecule has 0 aromatic carbocycles. The molecule has 2 aromatic heterocycles. The fraction of sp³-hybridized carbons (Fsp3) is 0. The number of rotatable bonds is 2. The lowest BCUT2D eigenvalue weighted by Gasteiger charge is -2.00. The van der Waals surface area contributed by atoms with E-state index in [2.05, 4.69) is 9.97 Å². The van der Waals surface area contributed by atoms with Crippen molar-refractivity contribution >= 4 is 5.91 Å². The molecule has 0 aliphatic carbocycles. The van der Waals surface area contributed by atoms with E-state index < -0.39 is 5.91 Å².